The summed E-state index contributed by atoms with van der Waals surface area (Å²) in [7, 11) is 0. The molecule has 1 unspecified atom stereocenters. The van der Waals surface area contributed by atoms with Gasteiger partial charge in [0, 0.05) is 13.0 Å². The lowest BCUT2D eigenvalue weighted by molar-refractivity contribution is -0.154. The van der Waals surface area contributed by atoms with Crippen LogP contribution in [0, 0.1) is 0 Å². The monoisotopic (exact) mass is 627 g/mol. The van der Waals surface area contributed by atoms with Gasteiger partial charge in [-0.15, -0.1) is 0 Å². The Bertz CT molecular complexity index is 789. The molecule has 0 aromatic carbocycles. The summed E-state index contributed by atoms with van der Waals surface area (Å²) < 4.78 is 11.1. The van der Waals surface area contributed by atoms with Crippen LogP contribution in [0.25, 0.3) is 0 Å². The molecule has 0 bridgehead atoms. The minimum absolute atomic E-state index is 0.192. The molecule has 0 aromatic heterocycles. The van der Waals surface area contributed by atoms with E-state index < -0.39 is 6.10 Å². The van der Waals surface area contributed by atoms with E-state index in [1.54, 1.807) is 0 Å². The Morgan fingerprint density at radius 1 is 0.556 bits per heavy atom. The van der Waals surface area contributed by atoms with Gasteiger partial charge in [0.1, 0.15) is 6.10 Å². The third kappa shape index (κ3) is 36.2. The molecule has 258 valence electrons. The van der Waals surface area contributed by atoms with E-state index >= 15 is 0 Å². The summed E-state index contributed by atoms with van der Waals surface area (Å²) in [5.41, 5.74) is 0. The molecular weight excluding hydrogens is 556 g/mol. The highest BCUT2D eigenvalue weighted by molar-refractivity contribution is 5.69. The maximum atomic E-state index is 12.1. The first kappa shape index (κ1) is 42.8. The summed E-state index contributed by atoms with van der Waals surface area (Å²) in [6, 6.07) is 0. The molecule has 0 amide bonds. The van der Waals surface area contributed by atoms with E-state index in [4.69, 9.17) is 9.47 Å². The van der Waals surface area contributed by atoms with Gasteiger partial charge < -0.3 is 14.6 Å². The average Bonchev–Trinajstić information content (AvgIpc) is 3.05. The molecule has 1 atom stereocenters. The molecule has 0 rings (SSSR count). The van der Waals surface area contributed by atoms with Gasteiger partial charge in [-0.2, -0.15) is 0 Å². The first-order chi connectivity index (χ1) is 22.2. The third-order valence-corrected chi connectivity index (χ3v) is 7.52. The molecule has 0 aromatic rings. The van der Waals surface area contributed by atoms with Gasteiger partial charge in [0.15, 0.2) is 0 Å². The van der Waals surface area contributed by atoms with E-state index in [0.29, 0.717) is 13.0 Å². The van der Waals surface area contributed by atoms with Crippen LogP contribution in [0.3, 0.4) is 0 Å². The van der Waals surface area contributed by atoms with Gasteiger partial charge in [0.05, 0.1) is 13.2 Å². The number of allylic oxidation sites excluding steroid dienone is 12. The van der Waals surface area contributed by atoms with Crippen LogP contribution in [0.4, 0.5) is 0 Å². The smallest absolute Gasteiger partial charge is 0.306 e. The van der Waals surface area contributed by atoms with Crippen molar-refractivity contribution in [1.29, 1.82) is 0 Å². The van der Waals surface area contributed by atoms with Gasteiger partial charge in [-0.25, -0.2) is 0 Å². The number of hydrogen-bond donors (Lipinski definition) is 1. The van der Waals surface area contributed by atoms with Crippen LogP contribution in [0.5, 0.6) is 0 Å². The fourth-order valence-electron chi connectivity index (χ4n) is 4.76. The Kier molecular flexibility index (Phi) is 36.2. The highest BCUT2D eigenvalue weighted by Gasteiger charge is 2.13. The number of aliphatic hydroxyl groups excluding tert-OH is 1. The zero-order valence-corrected chi connectivity index (χ0v) is 29.4. The molecule has 0 saturated heterocycles. The van der Waals surface area contributed by atoms with E-state index in [2.05, 4.69) is 86.8 Å². The molecular formula is C41H70O4. The zero-order valence-electron chi connectivity index (χ0n) is 29.4. The fourth-order valence-corrected chi connectivity index (χ4v) is 4.76. The predicted molar refractivity (Wildman–Crippen MR) is 196 cm³/mol. The van der Waals surface area contributed by atoms with Crippen LogP contribution in [-0.4, -0.2) is 37.0 Å². The van der Waals surface area contributed by atoms with E-state index in [1.807, 2.05) is 0 Å². The largest absolute Gasteiger partial charge is 0.457 e. The second-order valence-electron chi connectivity index (χ2n) is 11.9. The second kappa shape index (κ2) is 38.0. The van der Waals surface area contributed by atoms with Crippen molar-refractivity contribution in [2.75, 3.05) is 19.8 Å². The quantitative estimate of drug-likeness (QED) is 0.0447. The van der Waals surface area contributed by atoms with Crippen LogP contribution in [0.2, 0.25) is 0 Å². The van der Waals surface area contributed by atoms with Crippen molar-refractivity contribution in [1.82, 2.24) is 0 Å². The average molecular weight is 627 g/mol. The molecule has 0 heterocycles. The van der Waals surface area contributed by atoms with Crippen LogP contribution in [-0.2, 0) is 14.3 Å². The Morgan fingerprint density at radius 2 is 1.00 bits per heavy atom. The fraction of sp³-hybridized carbons (Fsp3) is 0.683. The number of rotatable bonds is 33. The lowest BCUT2D eigenvalue weighted by Crippen LogP contribution is -2.27. The number of unbranched alkanes of at least 4 members (excludes halogenated alkanes) is 13. The lowest BCUT2D eigenvalue weighted by atomic mass is 10.1. The number of carbonyl (C=O) groups is 1. The summed E-state index contributed by atoms with van der Waals surface area (Å²) in [4.78, 5) is 12.1. The summed E-state index contributed by atoms with van der Waals surface area (Å²) in [6.07, 6.45) is 50.9. The molecule has 0 radical (unpaired) electrons. The van der Waals surface area contributed by atoms with Gasteiger partial charge in [-0.3, -0.25) is 4.79 Å². The van der Waals surface area contributed by atoms with Gasteiger partial charge >= 0.3 is 5.97 Å². The van der Waals surface area contributed by atoms with Crippen LogP contribution < -0.4 is 0 Å². The van der Waals surface area contributed by atoms with Crippen LogP contribution >= 0.6 is 0 Å². The summed E-state index contributed by atoms with van der Waals surface area (Å²) in [5, 5.41) is 9.55. The molecule has 4 nitrogen and oxygen atoms in total. The number of hydrogen-bond acceptors (Lipinski definition) is 4. The van der Waals surface area contributed by atoms with Crippen molar-refractivity contribution < 1.29 is 19.4 Å². The van der Waals surface area contributed by atoms with Crippen molar-refractivity contribution in [2.45, 2.75) is 161 Å². The molecule has 0 aliphatic carbocycles. The maximum Gasteiger partial charge on any atom is 0.306 e. The van der Waals surface area contributed by atoms with E-state index in [-0.39, 0.29) is 19.2 Å². The SMILES string of the molecule is CC/C=C\C/C=C\C/C=C\CCCCCC(=O)OC(CO)COCCCCCCCCC/C=C\C/C=C\C/C=C\CCCCC. The van der Waals surface area contributed by atoms with Crippen LogP contribution in [0.1, 0.15) is 155 Å². The van der Waals surface area contributed by atoms with Crippen molar-refractivity contribution in [3.8, 4) is 0 Å². The second-order valence-corrected chi connectivity index (χ2v) is 11.9. The highest BCUT2D eigenvalue weighted by Crippen LogP contribution is 2.10. The topological polar surface area (TPSA) is 55.8 Å². The molecule has 0 spiro atoms. The number of ether oxygens (including phenoxy) is 2. The summed E-state index contributed by atoms with van der Waals surface area (Å²) in [5.74, 6) is -0.237. The highest BCUT2D eigenvalue weighted by atomic mass is 16.6. The Hall–Kier alpha value is -2.17. The number of carbonyl (C=O) groups excluding carboxylic acids is 1. The molecule has 0 saturated carbocycles. The summed E-state index contributed by atoms with van der Waals surface area (Å²) >= 11 is 0. The number of esters is 1. The molecule has 4 heteroatoms. The maximum absolute atomic E-state index is 12.1. The van der Waals surface area contributed by atoms with Crippen molar-refractivity contribution in [2.24, 2.45) is 0 Å². The molecule has 0 fully saturated rings. The zero-order chi connectivity index (χ0) is 32.7. The van der Waals surface area contributed by atoms with Gasteiger partial charge in [0.25, 0.3) is 0 Å². The Balaban J connectivity index is 3.53. The standard InChI is InChI=1S/C41H70O4/c1-3-5-7-9-11-13-15-17-18-19-20-21-22-23-25-27-29-31-33-35-37-44-39-40(38-42)45-41(43)36-34-32-30-28-26-24-16-14-12-10-8-6-4-2/h6,8,11-14,17-18,20-21,24,26,40,42H,3-5,7,9-10,15-16,19,22-23,25,27-39H2,1-2H3/b8-6-,13-11-,14-12-,18-17-,21-20-,26-24-. The number of aliphatic hydroxyl groups is 1. The van der Waals surface area contributed by atoms with Crippen LogP contribution in [0.15, 0.2) is 72.9 Å². The first-order valence-corrected chi connectivity index (χ1v) is 18.5. The Labute approximate surface area is 278 Å². The molecule has 0 aliphatic heterocycles. The predicted octanol–water partition coefficient (Wildman–Crippen LogP) is 11.9. The van der Waals surface area contributed by atoms with E-state index in [0.717, 1.165) is 70.6 Å². The molecule has 0 aliphatic rings. The molecule has 45 heavy (non-hydrogen) atoms. The van der Waals surface area contributed by atoms with E-state index in [1.165, 1.54) is 64.2 Å². The normalized spacial score (nSPS) is 13.2. The van der Waals surface area contributed by atoms with Gasteiger partial charge in [-0.05, 0) is 83.5 Å². The van der Waals surface area contributed by atoms with Gasteiger partial charge in [0.2, 0.25) is 0 Å². The minimum atomic E-state index is -0.557. The third-order valence-electron chi connectivity index (χ3n) is 7.52. The minimum Gasteiger partial charge on any atom is -0.457 e. The van der Waals surface area contributed by atoms with Crippen molar-refractivity contribution >= 4 is 5.97 Å². The van der Waals surface area contributed by atoms with Gasteiger partial charge in [-0.1, -0.05) is 138 Å². The van der Waals surface area contributed by atoms with Crippen molar-refractivity contribution in [3.63, 3.8) is 0 Å². The Morgan fingerprint density at radius 3 is 1.51 bits per heavy atom. The lowest BCUT2D eigenvalue weighted by Gasteiger charge is -2.15. The van der Waals surface area contributed by atoms with Crippen molar-refractivity contribution in [3.05, 3.63) is 72.9 Å². The van der Waals surface area contributed by atoms with E-state index in [9.17, 15) is 9.90 Å². The summed E-state index contributed by atoms with van der Waals surface area (Å²) in [6.45, 7) is 5.13. The first-order valence-electron chi connectivity index (χ1n) is 18.5. The molecule has 1 N–H and O–H groups in total.